The van der Waals surface area contributed by atoms with Gasteiger partial charge in [-0.15, -0.1) is 0 Å². The number of halogens is 3. The maximum absolute atomic E-state index is 12.5. The Morgan fingerprint density at radius 2 is 2.00 bits per heavy atom. The van der Waals surface area contributed by atoms with Gasteiger partial charge in [-0.25, -0.2) is 0 Å². The molecule has 0 atom stereocenters. The van der Waals surface area contributed by atoms with E-state index in [1.807, 2.05) is 0 Å². The van der Waals surface area contributed by atoms with Gasteiger partial charge in [0.25, 0.3) is 0 Å². The van der Waals surface area contributed by atoms with Crippen LogP contribution in [0.5, 0.6) is 5.75 Å². The third-order valence-electron chi connectivity index (χ3n) is 2.70. The van der Waals surface area contributed by atoms with Crippen LogP contribution in [0.2, 0.25) is 0 Å². The number of alkyl halides is 3. The topological polar surface area (TPSA) is 46.5 Å². The molecule has 0 bridgehead atoms. The lowest BCUT2D eigenvalue weighted by Gasteiger charge is -2.12. The summed E-state index contributed by atoms with van der Waals surface area (Å²) >= 11 is 0. The molecule has 0 spiro atoms. The second-order valence-corrected chi connectivity index (χ2v) is 4.13. The minimum Gasteiger partial charge on any atom is -0.496 e. The Morgan fingerprint density at radius 3 is 2.53 bits per heavy atom. The van der Waals surface area contributed by atoms with Gasteiger partial charge < -0.3 is 9.84 Å². The normalized spacial score (nSPS) is 11.4. The smallest absolute Gasteiger partial charge is 0.416 e. The molecule has 6 heteroatoms. The summed E-state index contributed by atoms with van der Waals surface area (Å²) in [6, 6.07) is 3.35. The lowest BCUT2D eigenvalue weighted by molar-refractivity contribution is -0.138. The van der Waals surface area contributed by atoms with Crippen molar-refractivity contribution in [2.24, 2.45) is 0 Å². The Hall–Kier alpha value is -1.72. The Bertz CT molecular complexity index is 441. The molecule has 1 aromatic carbocycles. The summed E-state index contributed by atoms with van der Waals surface area (Å²) in [5, 5.41) is 8.49. The largest absolute Gasteiger partial charge is 0.496 e. The SMILES string of the molecule is COc1cc(C(F)(F)F)ccc1CCCCC(=O)O. The Kier molecular flexibility index (Phi) is 5.20. The van der Waals surface area contributed by atoms with Gasteiger partial charge >= 0.3 is 12.1 Å². The highest BCUT2D eigenvalue weighted by Gasteiger charge is 2.31. The fraction of sp³-hybridized carbons (Fsp3) is 0.462. The van der Waals surface area contributed by atoms with Crippen LogP contribution in [0.25, 0.3) is 0 Å². The number of rotatable bonds is 6. The molecule has 0 fully saturated rings. The zero-order chi connectivity index (χ0) is 14.5. The van der Waals surface area contributed by atoms with E-state index in [0.717, 1.165) is 12.1 Å². The Balaban J connectivity index is 2.71. The number of ether oxygens (including phenoxy) is 1. The van der Waals surface area contributed by atoms with Crippen molar-refractivity contribution in [1.29, 1.82) is 0 Å². The van der Waals surface area contributed by atoms with E-state index < -0.39 is 17.7 Å². The summed E-state index contributed by atoms with van der Waals surface area (Å²) in [4.78, 5) is 10.3. The molecule has 1 aromatic rings. The Morgan fingerprint density at radius 1 is 1.32 bits per heavy atom. The van der Waals surface area contributed by atoms with Gasteiger partial charge in [0.2, 0.25) is 0 Å². The van der Waals surface area contributed by atoms with Crippen molar-refractivity contribution in [1.82, 2.24) is 0 Å². The number of carboxylic acids is 1. The van der Waals surface area contributed by atoms with Gasteiger partial charge in [-0.1, -0.05) is 6.07 Å². The molecular formula is C13H15F3O3. The predicted molar refractivity (Wildman–Crippen MR) is 63.2 cm³/mol. The van der Waals surface area contributed by atoms with Crippen molar-refractivity contribution in [3.05, 3.63) is 29.3 Å². The quantitative estimate of drug-likeness (QED) is 0.809. The predicted octanol–water partition coefficient (Wildman–Crippen LogP) is 3.51. The van der Waals surface area contributed by atoms with Crippen molar-refractivity contribution in [3.63, 3.8) is 0 Å². The molecule has 0 aliphatic heterocycles. The van der Waals surface area contributed by atoms with E-state index in [1.165, 1.54) is 13.2 Å². The van der Waals surface area contributed by atoms with Crippen LogP contribution < -0.4 is 4.74 Å². The number of unbranched alkanes of at least 4 members (excludes halogenated alkanes) is 1. The number of carboxylic acid groups (broad SMARTS) is 1. The molecule has 1 N–H and O–H groups in total. The first-order valence-corrected chi connectivity index (χ1v) is 5.80. The second kappa shape index (κ2) is 6.45. The molecule has 0 heterocycles. The zero-order valence-electron chi connectivity index (χ0n) is 10.5. The number of methoxy groups -OCH3 is 1. The minimum absolute atomic E-state index is 0.0585. The van der Waals surface area contributed by atoms with Crippen LogP contribution in [0.15, 0.2) is 18.2 Å². The number of hydrogen-bond donors (Lipinski definition) is 1. The van der Waals surface area contributed by atoms with E-state index in [-0.39, 0.29) is 12.2 Å². The first-order chi connectivity index (χ1) is 8.84. The van der Waals surface area contributed by atoms with Crippen LogP contribution in [0.4, 0.5) is 13.2 Å². The van der Waals surface area contributed by atoms with Crippen LogP contribution in [-0.2, 0) is 17.4 Å². The summed E-state index contributed by atoms with van der Waals surface area (Å²) in [5.74, 6) is -0.690. The average molecular weight is 276 g/mol. The number of hydrogen-bond acceptors (Lipinski definition) is 2. The highest BCUT2D eigenvalue weighted by atomic mass is 19.4. The fourth-order valence-electron chi connectivity index (χ4n) is 1.72. The Labute approximate surface area is 109 Å². The molecule has 0 saturated heterocycles. The van der Waals surface area contributed by atoms with E-state index in [0.29, 0.717) is 24.8 Å². The third-order valence-corrected chi connectivity index (χ3v) is 2.70. The number of aliphatic carboxylic acids is 1. The van der Waals surface area contributed by atoms with Crippen molar-refractivity contribution >= 4 is 5.97 Å². The molecule has 0 amide bonds. The van der Waals surface area contributed by atoms with Crippen LogP contribution in [-0.4, -0.2) is 18.2 Å². The summed E-state index contributed by atoms with van der Waals surface area (Å²) in [5.41, 5.74) is -0.0977. The maximum atomic E-state index is 12.5. The van der Waals surface area contributed by atoms with Crippen LogP contribution in [0, 0.1) is 0 Å². The van der Waals surface area contributed by atoms with E-state index in [4.69, 9.17) is 9.84 Å². The first kappa shape index (κ1) is 15.3. The monoisotopic (exact) mass is 276 g/mol. The van der Waals surface area contributed by atoms with Gasteiger partial charge in [0.15, 0.2) is 0 Å². The summed E-state index contributed by atoms with van der Waals surface area (Å²) < 4.78 is 42.5. The van der Waals surface area contributed by atoms with Crippen LogP contribution >= 0.6 is 0 Å². The summed E-state index contributed by atoms with van der Waals surface area (Å²) in [6.07, 6.45) is -2.76. The molecule has 19 heavy (non-hydrogen) atoms. The van der Waals surface area contributed by atoms with E-state index >= 15 is 0 Å². The van der Waals surface area contributed by atoms with Crippen LogP contribution in [0.3, 0.4) is 0 Å². The second-order valence-electron chi connectivity index (χ2n) is 4.13. The zero-order valence-corrected chi connectivity index (χ0v) is 10.5. The number of benzene rings is 1. The van der Waals surface area contributed by atoms with Gasteiger partial charge in [-0.3, -0.25) is 4.79 Å². The standard InChI is InChI=1S/C13H15F3O3/c1-19-11-8-10(13(14,15)16)7-6-9(11)4-2-3-5-12(17)18/h6-8H,2-5H2,1H3,(H,17,18). The van der Waals surface area contributed by atoms with Gasteiger partial charge in [0, 0.05) is 6.42 Å². The summed E-state index contributed by atoms with van der Waals surface area (Å²) in [6.45, 7) is 0. The number of aryl methyl sites for hydroxylation is 1. The van der Waals surface area contributed by atoms with Crippen molar-refractivity contribution in [2.45, 2.75) is 31.9 Å². The molecule has 0 radical (unpaired) electrons. The average Bonchev–Trinajstić information content (AvgIpc) is 2.33. The van der Waals surface area contributed by atoms with E-state index in [2.05, 4.69) is 0 Å². The van der Waals surface area contributed by atoms with Crippen molar-refractivity contribution in [3.8, 4) is 5.75 Å². The summed E-state index contributed by atoms with van der Waals surface area (Å²) in [7, 11) is 1.32. The van der Waals surface area contributed by atoms with E-state index in [9.17, 15) is 18.0 Å². The molecule has 0 unspecified atom stereocenters. The van der Waals surface area contributed by atoms with Gasteiger partial charge in [-0.2, -0.15) is 13.2 Å². The van der Waals surface area contributed by atoms with Gasteiger partial charge in [0.05, 0.1) is 12.7 Å². The van der Waals surface area contributed by atoms with E-state index in [1.54, 1.807) is 0 Å². The molecule has 0 aromatic heterocycles. The lowest BCUT2D eigenvalue weighted by Crippen LogP contribution is -2.06. The molecule has 0 saturated carbocycles. The maximum Gasteiger partial charge on any atom is 0.416 e. The van der Waals surface area contributed by atoms with Crippen molar-refractivity contribution < 1.29 is 27.8 Å². The van der Waals surface area contributed by atoms with Crippen LogP contribution in [0.1, 0.15) is 30.4 Å². The lowest BCUT2D eigenvalue weighted by atomic mass is 10.0. The van der Waals surface area contributed by atoms with Gasteiger partial charge in [-0.05, 0) is 37.0 Å². The fourth-order valence-corrected chi connectivity index (χ4v) is 1.72. The van der Waals surface area contributed by atoms with Gasteiger partial charge in [0.1, 0.15) is 5.75 Å². The highest BCUT2D eigenvalue weighted by molar-refractivity contribution is 5.66. The molecule has 106 valence electrons. The molecule has 0 aliphatic rings. The minimum atomic E-state index is -4.39. The van der Waals surface area contributed by atoms with Crippen molar-refractivity contribution in [2.75, 3.05) is 7.11 Å². The number of carbonyl (C=O) groups is 1. The highest BCUT2D eigenvalue weighted by Crippen LogP contribution is 2.33. The molecular weight excluding hydrogens is 261 g/mol. The molecule has 3 nitrogen and oxygen atoms in total. The molecule has 0 aliphatic carbocycles. The third kappa shape index (κ3) is 4.81. The first-order valence-electron chi connectivity index (χ1n) is 5.80. The molecule has 1 rings (SSSR count).